The van der Waals surface area contributed by atoms with Gasteiger partial charge in [0.2, 0.25) is 0 Å². The molecule has 3 aromatic heterocycles. The Morgan fingerprint density at radius 1 is 0.605 bits per heavy atom. The van der Waals surface area contributed by atoms with Gasteiger partial charge >= 0.3 is 0 Å². The Morgan fingerprint density at radius 3 is 1.84 bits per heavy atom. The molecule has 1 aliphatic carbocycles. The van der Waals surface area contributed by atoms with E-state index in [1.54, 1.807) is 0 Å². The Bertz CT molecular complexity index is 1880. The first-order valence-corrected chi connectivity index (χ1v) is 15.3. The first kappa shape index (κ1) is 24.0. The molecule has 3 aromatic carbocycles. The predicted octanol–water partition coefficient (Wildman–Crippen LogP) is 10.4. The number of benzene rings is 3. The second-order valence-corrected chi connectivity index (χ2v) is 13.9. The number of fused-ring (bicyclic) bond motifs is 4. The highest BCUT2D eigenvalue weighted by Gasteiger charge is 2.35. The zero-order valence-corrected chi connectivity index (χ0v) is 24.8. The quantitative estimate of drug-likeness (QED) is 0.220. The van der Waals surface area contributed by atoms with E-state index in [9.17, 15) is 0 Å². The molecular formula is C33H28N2S3. The van der Waals surface area contributed by atoms with Crippen LogP contribution in [0.5, 0.6) is 0 Å². The summed E-state index contributed by atoms with van der Waals surface area (Å²) in [6.07, 6.45) is 0. The molecule has 0 saturated heterocycles. The number of thiophene rings is 2. The van der Waals surface area contributed by atoms with Crippen molar-refractivity contribution in [1.29, 1.82) is 0 Å². The zero-order valence-electron chi connectivity index (χ0n) is 22.4. The summed E-state index contributed by atoms with van der Waals surface area (Å²) in [6, 6.07) is 23.0. The van der Waals surface area contributed by atoms with Crippen LogP contribution in [0, 0.1) is 27.7 Å². The molecule has 0 bridgehead atoms. The van der Waals surface area contributed by atoms with E-state index in [4.69, 9.17) is 8.75 Å². The summed E-state index contributed by atoms with van der Waals surface area (Å²) in [5.74, 6) is 0. The average molecular weight is 549 g/mol. The van der Waals surface area contributed by atoms with E-state index in [0.29, 0.717) is 0 Å². The summed E-state index contributed by atoms with van der Waals surface area (Å²) in [6.45, 7) is 13.5. The number of hydrogen-bond acceptors (Lipinski definition) is 5. The monoisotopic (exact) mass is 548 g/mol. The molecule has 1 aliphatic rings. The highest BCUT2D eigenvalue weighted by atomic mass is 32.1. The molecule has 0 amide bonds. The van der Waals surface area contributed by atoms with E-state index < -0.39 is 0 Å². The van der Waals surface area contributed by atoms with Gasteiger partial charge in [0.05, 0.1) is 11.7 Å². The summed E-state index contributed by atoms with van der Waals surface area (Å²) < 4.78 is 9.49. The fraction of sp³-hybridized carbons (Fsp3) is 0.212. The van der Waals surface area contributed by atoms with Crippen molar-refractivity contribution in [1.82, 2.24) is 8.75 Å². The molecule has 38 heavy (non-hydrogen) atoms. The number of nitrogens with zero attached hydrogens (tertiary/aromatic N) is 2. The topological polar surface area (TPSA) is 25.8 Å². The van der Waals surface area contributed by atoms with Crippen LogP contribution in [0.4, 0.5) is 0 Å². The summed E-state index contributed by atoms with van der Waals surface area (Å²) in [5.41, 5.74) is 15.2. The zero-order chi connectivity index (χ0) is 26.3. The van der Waals surface area contributed by atoms with E-state index >= 15 is 0 Å². The lowest BCUT2D eigenvalue weighted by Gasteiger charge is -2.22. The average Bonchev–Trinajstić information content (AvgIpc) is 3.65. The Balaban J connectivity index is 1.32. The lowest BCUT2D eigenvalue weighted by atomic mass is 9.81. The Kier molecular flexibility index (Phi) is 5.32. The van der Waals surface area contributed by atoms with Crippen LogP contribution in [0.3, 0.4) is 0 Å². The number of rotatable bonds is 3. The summed E-state index contributed by atoms with van der Waals surface area (Å²) in [5, 5.41) is 0. The minimum absolute atomic E-state index is 0.00650. The molecule has 0 radical (unpaired) electrons. The normalized spacial score (nSPS) is 13.7. The van der Waals surface area contributed by atoms with Crippen LogP contribution in [-0.2, 0) is 5.41 Å². The standard InChI is InChI=1S/C33H28N2S3/c1-17-7-9-22-23-10-8-21(16-27(23)33(5,6)26(22)13-17)32-19(3)15-29(37-32)25-12-11-24(30-31(25)35-38-34-30)28-14-18(2)20(4)36-28/h7-16H,1-6H3. The van der Waals surface area contributed by atoms with E-state index in [0.717, 1.165) is 11.0 Å². The van der Waals surface area contributed by atoms with Crippen molar-refractivity contribution in [3.8, 4) is 42.4 Å². The van der Waals surface area contributed by atoms with Crippen molar-refractivity contribution in [3.05, 3.63) is 93.4 Å². The molecule has 3 heterocycles. The minimum atomic E-state index is -0.00650. The van der Waals surface area contributed by atoms with Crippen molar-refractivity contribution in [2.75, 3.05) is 0 Å². The lowest BCUT2D eigenvalue weighted by Crippen LogP contribution is -2.15. The molecule has 0 unspecified atom stereocenters. The van der Waals surface area contributed by atoms with Crippen molar-refractivity contribution in [2.24, 2.45) is 0 Å². The first-order chi connectivity index (χ1) is 18.2. The molecule has 0 atom stereocenters. The van der Waals surface area contributed by atoms with Gasteiger partial charge in [-0.05, 0) is 84.8 Å². The fourth-order valence-corrected chi connectivity index (χ4v) is 8.69. The molecule has 0 N–H and O–H groups in total. The van der Waals surface area contributed by atoms with Crippen LogP contribution in [0.15, 0.2) is 60.7 Å². The Morgan fingerprint density at radius 2 is 1.18 bits per heavy atom. The molecule has 188 valence electrons. The highest BCUT2D eigenvalue weighted by molar-refractivity contribution is 7.19. The molecule has 7 rings (SSSR count). The van der Waals surface area contributed by atoms with E-state index in [1.807, 2.05) is 22.7 Å². The third-order valence-corrected chi connectivity index (χ3v) is 11.2. The van der Waals surface area contributed by atoms with Gasteiger partial charge in [0.15, 0.2) is 0 Å². The number of aryl methyl sites for hydroxylation is 4. The largest absolute Gasteiger partial charge is 0.172 e. The minimum Gasteiger partial charge on any atom is -0.172 e. The number of hydrogen-bond donors (Lipinski definition) is 0. The maximum atomic E-state index is 4.76. The van der Waals surface area contributed by atoms with Crippen LogP contribution >= 0.6 is 34.4 Å². The molecule has 5 heteroatoms. The van der Waals surface area contributed by atoms with Gasteiger partial charge < -0.3 is 0 Å². The van der Waals surface area contributed by atoms with Crippen LogP contribution < -0.4 is 0 Å². The first-order valence-electron chi connectivity index (χ1n) is 12.9. The smallest absolute Gasteiger partial charge is 0.114 e. The van der Waals surface area contributed by atoms with Gasteiger partial charge in [-0.25, -0.2) is 0 Å². The van der Waals surface area contributed by atoms with Gasteiger partial charge in [0, 0.05) is 36.1 Å². The van der Waals surface area contributed by atoms with Crippen molar-refractivity contribution in [2.45, 2.75) is 47.0 Å². The Hall–Kier alpha value is -3.12. The highest BCUT2D eigenvalue weighted by Crippen LogP contribution is 2.51. The second-order valence-electron chi connectivity index (χ2n) is 11.0. The predicted molar refractivity (Wildman–Crippen MR) is 166 cm³/mol. The third-order valence-electron chi connectivity index (χ3n) is 8.12. The van der Waals surface area contributed by atoms with Crippen LogP contribution in [-0.4, -0.2) is 8.75 Å². The van der Waals surface area contributed by atoms with Gasteiger partial charge in [-0.2, -0.15) is 8.75 Å². The number of aromatic nitrogens is 2. The fourth-order valence-electron chi connectivity index (χ4n) is 5.86. The molecule has 6 aromatic rings. The Labute approximate surface area is 236 Å². The van der Waals surface area contributed by atoms with E-state index in [2.05, 4.69) is 102 Å². The maximum Gasteiger partial charge on any atom is 0.114 e. The lowest BCUT2D eigenvalue weighted by molar-refractivity contribution is 0.660. The molecule has 0 saturated carbocycles. The molecule has 2 nitrogen and oxygen atoms in total. The van der Waals surface area contributed by atoms with Crippen LogP contribution in [0.2, 0.25) is 0 Å². The molecular weight excluding hydrogens is 521 g/mol. The SMILES string of the molecule is Cc1ccc2c(c1)C(C)(C)c1cc(-c3sc(-c4ccc(-c5cc(C)c(C)s5)c5nsnc45)cc3C)ccc1-2. The van der Waals surface area contributed by atoms with E-state index in [-0.39, 0.29) is 5.41 Å². The summed E-state index contributed by atoms with van der Waals surface area (Å²) in [4.78, 5) is 5.20. The van der Waals surface area contributed by atoms with Crippen LogP contribution in [0.1, 0.15) is 46.5 Å². The van der Waals surface area contributed by atoms with Gasteiger partial charge in [0.1, 0.15) is 11.0 Å². The molecule has 0 spiro atoms. The van der Waals surface area contributed by atoms with Gasteiger partial charge in [0.25, 0.3) is 0 Å². The maximum absolute atomic E-state index is 4.76. The molecule has 0 aliphatic heterocycles. The van der Waals surface area contributed by atoms with Crippen molar-refractivity contribution in [3.63, 3.8) is 0 Å². The van der Waals surface area contributed by atoms with Crippen molar-refractivity contribution < 1.29 is 0 Å². The molecule has 0 fully saturated rings. The third kappa shape index (κ3) is 3.49. The van der Waals surface area contributed by atoms with Gasteiger partial charge in [-0.15, -0.1) is 22.7 Å². The second kappa shape index (κ2) is 8.44. The van der Waals surface area contributed by atoms with Crippen molar-refractivity contribution >= 4 is 45.4 Å². The summed E-state index contributed by atoms with van der Waals surface area (Å²) >= 11 is 5.01. The van der Waals surface area contributed by atoms with Gasteiger partial charge in [-0.1, -0.05) is 61.9 Å². The van der Waals surface area contributed by atoms with Crippen LogP contribution in [0.25, 0.3) is 53.5 Å². The summed E-state index contributed by atoms with van der Waals surface area (Å²) in [7, 11) is 0. The van der Waals surface area contributed by atoms with E-state index in [1.165, 1.54) is 86.9 Å². The van der Waals surface area contributed by atoms with Gasteiger partial charge in [-0.3, -0.25) is 0 Å².